The molecule has 1 saturated carbocycles. The van der Waals surface area contributed by atoms with Gasteiger partial charge < -0.3 is 15.3 Å². The highest BCUT2D eigenvalue weighted by Crippen LogP contribution is 2.24. The molecule has 1 atom stereocenters. The zero-order valence-electron chi connectivity index (χ0n) is 12.5. The Labute approximate surface area is 117 Å². The monoisotopic (exact) mass is 270 g/mol. The van der Waals surface area contributed by atoms with E-state index in [2.05, 4.69) is 24.2 Å². The molecule has 0 heterocycles. The highest BCUT2D eigenvalue weighted by atomic mass is 16.4. The minimum Gasteiger partial charge on any atom is -0.480 e. The van der Waals surface area contributed by atoms with Crippen LogP contribution in [0, 0.1) is 5.92 Å². The third kappa shape index (κ3) is 6.92. The fraction of sp³-hybridized carbons (Fsp3) is 0.933. The summed E-state index contributed by atoms with van der Waals surface area (Å²) >= 11 is 0. The van der Waals surface area contributed by atoms with Crippen LogP contribution < -0.4 is 5.32 Å². The van der Waals surface area contributed by atoms with Crippen molar-refractivity contribution in [1.29, 1.82) is 0 Å². The van der Waals surface area contributed by atoms with Crippen LogP contribution in [0.3, 0.4) is 0 Å². The van der Waals surface area contributed by atoms with Crippen LogP contribution in [-0.2, 0) is 4.79 Å². The van der Waals surface area contributed by atoms with Gasteiger partial charge in [0.05, 0.1) is 0 Å². The van der Waals surface area contributed by atoms with Crippen LogP contribution in [0.25, 0.3) is 0 Å². The number of rotatable bonds is 9. The molecule has 4 nitrogen and oxygen atoms in total. The van der Waals surface area contributed by atoms with Crippen LogP contribution in [0.1, 0.15) is 51.9 Å². The second kappa shape index (κ2) is 9.32. The first-order valence-electron chi connectivity index (χ1n) is 7.78. The number of aliphatic carboxylic acids is 1. The van der Waals surface area contributed by atoms with Gasteiger partial charge in [0.2, 0.25) is 0 Å². The molecule has 1 unspecified atom stereocenters. The summed E-state index contributed by atoms with van der Waals surface area (Å²) in [5, 5.41) is 12.3. The molecule has 2 N–H and O–H groups in total. The van der Waals surface area contributed by atoms with Gasteiger partial charge in [0.15, 0.2) is 0 Å². The van der Waals surface area contributed by atoms with Crippen molar-refractivity contribution in [1.82, 2.24) is 10.2 Å². The largest absolute Gasteiger partial charge is 0.480 e. The van der Waals surface area contributed by atoms with E-state index in [9.17, 15) is 4.79 Å². The van der Waals surface area contributed by atoms with Crippen LogP contribution >= 0.6 is 0 Å². The van der Waals surface area contributed by atoms with Crippen LogP contribution in [0.5, 0.6) is 0 Å². The predicted octanol–water partition coefficient (Wildman–Crippen LogP) is 2.34. The molecule has 112 valence electrons. The van der Waals surface area contributed by atoms with E-state index in [0.717, 1.165) is 32.0 Å². The van der Waals surface area contributed by atoms with Gasteiger partial charge >= 0.3 is 5.97 Å². The summed E-state index contributed by atoms with van der Waals surface area (Å²) in [4.78, 5) is 13.4. The molecule has 4 heteroatoms. The first kappa shape index (κ1) is 16.4. The standard InChI is InChI=1S/C15H30N2O2/c1-3-10-16-14(15(18)19)9-11-17(2)12-13-7-5-4-6-8-13/h13-14,16H,3-12H2,1-2H3,(H,18,19). The molecule has 0 spiro atoms. The molecule has 0 bridgehead atoms. The molecule has 1 fully saturated rings. The van der Waals surface area contributed by atoms with Gasteiger partial charge in [0.25, 0.3) is 0 Å². The third-order valence-corrected chi connectivity index (χ3v) is 4.03. The van der Waals surface area contributed by atoms with Crippen molar-refractivity contribution in [2.75, 3.05) is 26.7 Å². The number of hydrogen-bond acceptors (Lipinski definition) is 3. The van der Waals surface area contributed by atoms with Gasteiger partial charge in [-0.2, -0.15) is 0 Å². The molecule has 0 aromatic rings. The Bertz CT molecular complexity index is 253. The minimum atomic E-state index is -0.723. The summed E-state index contributed by atoms with van der Waals surface area (Å²) in [6.07, 6.45) is 8.49. The Hall–Kier alpha value is -0.610. The van der Waals surface area contributed by atoms with Gasteiger partial charge in [-0.25, -0.2) is 0 Å². The van der Waals surface area contributed by atoms with Crippen LogP contribution in [0.15, 0.2) is 0 Å². The lowest BCUT2D eigenvalue weighted by atomic mass is 9.89. The van der Waals surface area contributed by atoms with E-state index < -0.39 is 12.0 Å². The first-order chi connectivity index (χ1) is 9.13. The van der Waals surface area contributed by atoms with E-state index >= 15 is 0 Å². The molecule has 0 aromatic heterocycles. The van der Waals surface area contributed by atoms with Crippen molar-refractivity contribution in [3.05, 3.63) is 0 Å². The Morgan fingerprint density at radius 3 is 2.63 bits per heavy atom. The summed E-state index contributed by atoms with van der Waals surface area (Å²) in [7, 11) is 2.12. The van der Waals surface area contributed by atoms with Gasteiger partial charge in [-0.15, -0.1) is 0 Å². The summed E-state index contributed by atoms with van der Waals surface area (Å²) < 4.78 is 0. The number of nitrogens with zero attached hydrogens (tertiary/aromatic N) is 1. The van der Waals surface area contributed by atoms with Gasteiger partial charge in [-0.3, -0.25) is 4.79 Å². The molecule has 0 amide bonds. The third-order valence-electron chi connectivity index (χ3n) is 4.03. The number of carboxylic acid groups (broad SMARTS) is 1. The number of carbonyl (C=O) groups is 1. The lowest BCUT2D eigenvalue weighted by Crippen LogP contribution is -2.40. The predicted molar refractivity (Wildman–Crippen MR) is 78.4 cm³/mol. The zero-order chi connectivity index (χ0) is 14.1. The van der Waals surface area contributed by atoms with E-state index in [1.807, 2.05) is 0 Å². The molecule has 0 radical (unpaired) electrons. The molecule has 19 heavy (non-hydrogen) atoms. The second-order valence-corrected chi connectivity index (χ2v) is 5.90. The highest BCUT2D eigenvalue weighted by Gasteiger charge is 2.19. The topological polar surface area (TPSA) is 52.6 Å². The Morgan fingerprint density at radius 2 is 2.05 bits per heavy atom. The molecule has 0 saturated heterocycles. The van der Waals surface area contributed by atoms with E-state index in [0.29, 0.717) is 6.42 Å². The molecule has 0 aromatic carbocycles. The Kier molecular flexibility index (Phi) is 8.07. The van der Waals surface area contributed by atoms with Crippen LogP contribution in [-0.4, -0.2) is 48.7 Å². The molecular formula is C15H30N2O2. The van der Waals surface area contributed by atoms with Crippen molar-refractivity contribution in [3.8, 4) is 0 Å². The summed E-state index contributed by atoms with van der Waals surface area (Å²) in [5.41, 5.74) is 0. The van der Waals surface area contributed by atoms with Crippen molar-refractivity contribution in [2.45, 2.75) is 57.9 Å². The maximum absolute atomic E-state index is 11.1. The zero-order valence-corrected chi connectivity index (χ0v) is 12.5. The number of hydrogen-bond donors (Lipinski definition) is 2. The quantitative estimate of drug-likeness (QED) is 0.675. The molecular weight excluding hydrogens is 240 g/mol. The van der Waals surface area contributed by atoms with Gasteiger partial charge in [0.1, 0.15) is 6.04 Å². The second-order valence-electron chi connectivity index (χ2n) is 5.90. The average molecular weight is 270 g/mol. The fourth-order valence-corrected chi connectivity index (χ4v) is 2.88. The normalized spacial score (nSPS) is 18.7. The van der Waals surface area contributed by atoms with E-state index in [4.69, 9.17) is 5.11 Å². The lowest BCUT2D eigenvalue weighted by molar-refractivity contribution is -0.139. The van der Waals surface area contributed by atoms with Crippen molar-refractivity contribution >= 4 is 5.97 Å². The highest BCUT2D eigenvalue weighted by molar-refractivity contribution is 5.73. The molecule has 1 aliphatic rings. The van der Waals surface area contributed by atoms with Crippen LogP contribution in [0.2, 0.25) is 0 Å². The van der Waals surface area contributed by atoms with Crippen LogP contribution in [0.4, 0.5) is 0 Å². The molecule has 1 rings (SSSR count). The Morgan fingerprint density at radius 1 is 1.37 bits per heavy atom. The van der Waals surface area contributed by atoms with Crippen molar-refractivity contribution < 1.29 is 9.90 Å². The van der Waals surface area contributed by atoms with Crippen molar-refractivity contribution in [3.63, 3.8) is 0 Å². The summed E-state index contributed by atoms with van der Waals surface area (Å²) in [6.45, 7) is 4.83. The molecule has 1 aliphatic carbocycles. The van der Waals surface area contributed by atoms with E-state index in [1.54, 1.807) is 0 Å². The number of carboxylic acids is 1. The SMILES string of the molecule is CCCNC(CCN(C)CC1CCCCC1)C(=O)O. The molecule has 0 aliphatic heterocycles. The maximum atomic E-state index is 11.1. The van der Waals surface area contributed by atoms with E-state index in [-0.39, 0.29) is 0 Å². The van der Waals surface area contributed by atoms with Gasteiger partial charge in [-0.05, 0) is 51.7 Å². The first-order valence-corrected chi connectivity index (χ1v) is 7.78. The smallest absolute Gasteiger partial charge is 0.320 e. The van der Waals surface area contributed by atoms with Gasteiger partial charge in [0, 0.05) is 6.54 Å². The van der Waals surface area contributed by atoms with Gasteiger partial charge in [-0.1, -0.05) is 26.2 Å². The summed E-state index contributed by atoms with van der Waals surface area (Å²) in [5.74, 6) is 0.102. The van der Waals surface area contributed by atoms with E-state index in [1.165, 1.54) is 32.1 Å². The minimum absolute atomic E-state index is 0.395. The summed E-state index contributed by atoms with van der Waals surface area (Å²) in [6, 6.07) is -0.395. The lowest BCUT2D eigenvalue weighted by Gasteiger charge is -2.27. The Balaban J connectivity index is 2.22. The maximum Gasteiger partial charge on any atom is 0.320 e. The average Bonchev–Trinajstić information content (AvgIpc) is 2.39. The number of nitrogens with one attached hydrogen (secondary N) is 1. The fourth-order valence-electron chi connectivity index (χ4n) is 2.88. The van der Waals surface area contributed by atoms with Crippen molar-refractivity contribution in [2.24, 2.45) is 5.92 Å².